The zero-order chi connectivity index (χ0) is 31.9. The Labute approximate surface area is 267 Å². The fourth-order valence-electron chi connectivity index (χ4n) is 8.06. The molecule has 1 aromatic heterocycles. The third-order valence-corrected chi connectivity index (χ3v) is 10.6. The van der Waals surface area contributed by atoms with Gasteiger partial charge in [-0.1, -0.05) is 42.4 Å². The van der Waals surface area contributed by atoms with Crippen molar-refractivity contribution in [2.45, 2.75) is 49.5 Å². The number of amides is 1. The first-order valence-corrected chi connectivity index (χ1v) is 15.8. The number of anilines is 1. The molecule has 0 radical (unpaired) electrons. The third kappa shape index (κ3) is 4.53. The van der Waals surface area contributed by atoms with Crippen molar-refractivity contribution in [3.05, 3.63) is 71.5 Å². The smallest absolute Gasteiger partial charge is 0.319 e. The zero-order valence-electron chi connectivity index (χ0n) is 24.8. The lowest BCUT2D eigenvalue weighted by Crippen LogP contribution is -2.63. The van der Waals surface area contributed by atoms with Crippen LogP contribution in [0, 0.1) is 11.6 Å². The van der Waals surface area contributed by atoms with Crippen molar-refractivity contribution in [1.82, 2.24) is 19.8 Å². The van der Waals surface area contributed by atoms with Crippen LogP contribution in [0.25, 0.3) is 32.8 Å². The maximum absolute atomic E-state index is 16.1. The van der Waals surface area contributed by atoms with E-state index >= 15 is 4.39 Å². The molecule has 0 spiro atoms. The van der Waals surface area contributed by atoms with Gasteiger partial charge in [-0.3, -0.25) is 9.69 Å². The molecule has 4 atom stereocenters. The first-order valence-electron chi connectivity index (χ1n) is 15.5. The fourth-order valence-corrected chi connectivity index (χ4v) is 8.33. The molecule has 12 heteroatoms. The Balaban J connectivity index is 1.22. The molecule has 46 heavy (non-hydrogen) atoms. The zero-order valence-corrected chi connectivity index (χ0v) is 25.5. The van der Waals surface area contributed by atoms with Gasteiger partial charge in [-0.15, -0.1) is 0 Å². The molecule has 0 N–H and O–H groups in total. The molecule has 1 unspecified atom stereocenters. The maximum Gasteiger partial charge on any atom is 0.319 e. The molecule has 8 rings (SSSR count). The van der Waals surface area contributed by atoms with Crippen LogP contribution in [-0.4, -0.2) is 82.3 Å². The third-order valence-electron chi connectivity index (χ3n) is 10.3. The van der Waals surface area contributed by atoms with Gasteiger partial charge in [0.25, 0.3) is 5.91 Å². The van der Waals surface area contributed by atoms with E-state index in [1.165, 1.54) is 17.0 Å². The summed E-state index contributed by atoms with van der Waals surface area (Å²) in [4.78, 5) is 27.4. The molecule has 238 valence electrons. The van der Waals surface area contributed by atoms with Gasteiger partial charge in [-0.05, 0) is 55.0 Å². The summed E-state index contributed by atoms with van der Waals surface area (Å²) in [6.07, 6.45) is 1.78. The highest BCUT2D eigenvalue weighted by molar-refractivity contribution is 6.37. The predicted octanol–water partition coefficient (Wildman–Crippen LogP) is 6.61. The molecule has 7 nitrogen and oxygen atoms in total. The number of rotatable bonds is 6. The molecule has 4 aliphatic heterocycles. The van der Waals surface area contributed by atoms with E-state index in [4.69, 9.17) is 26.3 Å². The average Bonchev–Trinajstić information content (AvgIpc) is 3.66. The number of benzene rings is 3. The highest BCUT2D eigenvalue weighted by Gasteiger charge is 2.51. The Morgan fingerprint density at radius 1 is 1.07 bits per heavy atom. The molecule has 0 bridgehead atoms. The minimum Gasteiger partial charge on any atom is -0.461 e. The second-order valence-electron chi connectivity index (χ2n) is 12.8. The number of hydrogen-bond acceptors (Lipinski definition) is 6. The molecule has 4 fully saturated rings. The van der Waals surface area contributed by atoms with Gasteiger partial charge < -0.3 is 14.5 Å². The topological polar surface area (TPSA) is 61.8 Å². The summed E-state index contributed by atoms with van der Waals surface area (Å²) >= 11 is 6.40. The van der Waals surface area contributed by atoms with Gasteiger partial charge in [0, 0.05) is 42.4 Å². The van der Waals surface area contributed by atoms with Crippen molar-refractivity contribution in [2.24, 2.45) is 0 Å². The number of aromatic nitrogens is 2. The second-order valence-corrected chi connectivity index (χ2v) is 13.2. The van der Waals surface area contributed by atoms with Crippen LogP contribution < -0.4 is 9.64 Å². The average molecular weight is 652 g/mol. The van der Waals surface area contributed by atoms with E-state index in [-0.39, 0.29) is 35.3 Å². The normalized spacial score (nSPS) is 25.6. The Morgan fingerprint density at radius 2 is 1.91 bits per heavy atom. The first-order chi connectivity index (χ1) is 22.1. The molecule has 0 saturated carbocycles. The summed E-state index contributed by atoms with van der Waals surface area (Å²) < 4.78 is 65.1. The monoisotopic (exact) mass is 651 g/mol. The van der Waals surface area contributed by atoms with Crippen LogP contribution in [0.2, 0.25) is 5.02 Å². The van der Waals surface area contributed by atoms with E-state index in [1.807, 2.05) is 4.90 Å². The van der Waals surface area contributed by atoms with Gasteiger partial charge in [0.2, 0.25) is 0 Å². The lowest BCUT2D eigenvalue weighted by molar-refractivity contribution is -0.130. The van der Waals surface area contributed by atoms with Gasteiger partial charge in [-0.2, -0.15) is 9.97 Å². The Morgan fingerprint density at radius 3 is 2.74 bits per heavy atom. The highest BCUT2D eigenvalue weighted by atomic mass is 35.5. The predicted molar refractivity (Wildman–Crippen MR) is 167 cm³/mol. The summed E-state index contributed by atoms with van der Waals surface area (Å²) in [5.74, 6) is -2.50. The maximum atomic E-state index is 16.1. The number of carbonyl (C=O) groups excluding carboxylic acids is 1. The molecule has 5 heterocycles. The van der Waals surface area contributed by atoms with Crippen LogP contribution in [0.15, 0.2) is 54.9 Å². The molecule has 1 amide bonds. The number of ether oxygens (including phenoxy) is 1. The van der Waals surface area contributed by atoms with E-state index in [1.54, 1.807) is 30.3 Å². The number of nitrogens with zero attached hydrogens (tertiary/aromatic N) is 5. The fraction of sp³-hybridized carbons (Fsp3) is 0.382. The highest BCUT2D eigenvalue weighted by Crippen LogP contribution is 2.44. The lowest BCUT2D eigenvalue weighted by atomic mass is 9.94. The number of halogens is 5. The number of likely N-dealkylation sites (tertiary alicyclic amines) is 1. The van der Waals surface area contributed by atoms with Crippen LogP contribution in [0.5, 0.6) is 6.01 Å². The van der Waals surface area contributed by atoms with Gasteiger partial charge >= 0.3 is 6.01 Å². The van der Waals surface area contributed by atoms with Crippen LogP contribution >= 0.6 is 11.6 Å². The van der Waals surface area contributed by atoms with Gasteiger partial charge in [0.1, 0.15) is 30.2 Å². The first kappa shape index (κ1) is 29.4. The van der Waals surface area contributed by atoms with Crippen molar-refractivity contribution < 1.29 is 27.1 Å². The molecular weight excluding hydrogens is 622 g/mol. The lowest BCUT2D eigenvalue weighted by Gasteiger charge is -2.47. The summed E-state index contributed by atoms with van der Waals surface area (Å²) in [5, 5.41) is 1.36. The number of fused-ring (bicyclic) bond motifs is 4. The molecule has 0 aliphatic carbocycles. The van der Waals surface area contributed by atoms with E-state index in [9.17, 15) is 18.0 Å². The van der Waals surface area contributed by atoms with Crippen LogP contribution in [0.1, 0.15) is 25.7 Å². The van der Waals surface area contributed by atoms with Crippen molar-refractivity contribution in [1.29, 1.82) is 0 Å². The number of carbonyl (C=O) groups is 1. The van der Waals surface area contributed by atoms with Crippen molar-refractivity contribution in [3.8, 4) is 17.1 Å². The summed E-state index contributed by atoms with van der Waals surface area (Å²) in [6, 6.07) is 10.7. The standard InChI is InChI=1S/C34H30ClF4N5O2/c1-18(36)32(45)43-11-8-27-28(43)16-44(27)31-23-12-25(39)22(21-5-2-4-19-6-7-24(38)30(35)29(19)21)13-26(23)40-33(41-31)46-17-34-9-3-10-42(34)15-20(37)14-34/h2,4-7,12-13,20,27-28H,1,3,8-11,14-17H2/t20-,27?,28-,34+/m1/s1. The molecule has 4 saturated heterocycles. The Hall–Kier alpha value is -3.96. The minimum absolute atomic E-state index is 0.0668. The molecule has 4 aromatic rings. The quantitative estimate of drug-likeness (QED) is 0.173. The second kappa shape index (κ2) is 10.8. The van der Waals surface area contributed by atoms with Gasteiger partial charge in [-0.25, -0.2) is 17.6 Å². The van der Waals surface area contributed by atoms with Crippen LogP contribution in [0.4, 0.5) is 23.4 Å². The number of alkyl halides is 1. The summed E-state index contributed by atoms with van der Waals surface area (Å²) in [5.41, 5.74) is 0.546. The Kier molecular flexibility index (Phi) is 6.91. The number of hydrogen-bond donors (Lipinski definition) is 0. The van der Waals surface area contributed by atoms with Crippen LogP contribution in [0.3, 0.4) is 0 Å². The van der Waals surface area contributed by atoms with Gasteiger partial charge in [0.05, 0.1) is 28.2 Å². The van der Waals surface area contributed by atoms with Crippen molar-refractivity contribution in [3.63, 3.8) is 0 Å². The summed E-state index contributed by atoms with van der Waals surface area (Å²) in [6.45, 7) is 5.27. The molecule has 4 aliphatic rings. The summed E-state index contributed by atoms with van der Waals surface area (Å²) in [7, 11) is 0. The Bertz CT molecular complexity index is 1940. The van der Waals surface area contributed by atoms with Crippen LogP contribution in [-0.2, 0) is 4.79 Å². The van der Waals surface area contributed by atoms with E-state index in [0.717, 1.165) is 19.4 Å². The largest absolute Gasteiger partial charge is 0.461 e. The van der Waals surface area contributed by atoms with E-state index < -0.39 is 35.1 Å². The minimum atomic E-state index is -1.01. The van der Waals surface area contributed by atoms with E-state index in [2.05, 4.69) is 11.5 Å². The molecule has 3 aromatic carbocycles. The van der Waals surface area contributed by atoms with Crippen molar-refractivity contribution in [2.75, 3.05) is 37.7 Å². The molecular formula is C34H30ClF4N5O2. The van der Waals surface area contributed by atoms with E-state index in [0.29, 0.717) is 65.5 Å². The van der Waals surface area contributed by atoms with Gasteiger partial charge in [0.15, 0.2) is 5.83 Å². The van der Waals surface area contributed by atoms with Crippen molar-refractivity contribution >= 4 is 45.0 Å². The SMILES string of the molecule is C=C(F)C(=O)N1CCC2[C@H]1CN2c1nc(OC[C@@]23CCCN2C[C@H](F)C3)nc2cc(-c3cccc4ccc(F)c(Cl)c34)c(F)cc12.